The summed E-state index contributed by atoms with van der Waals surface area (Å²) in [6.45, 7) is 7.41. The van der Waals surface area contributed by atoms with Crippen LogP contribution in [-0.2, 0) is 16.6 Å². The van der Waals surface area contributed by atoms with Gasteiger partial charge >= 0.3 is 0 Å². The molecular weight excluding hydrogens is 691 g/mol. The third-order valence-electron chi connectivity index (χ3n) is 11.4. The van der Waals surface area contributed by atoms with Gasteiger partial charge in [0.1, 0.15) is 5.75 Å². The second-order valence-electron chi connectivity index (χ2n) is 15.3. The Hall–Kier alpha value is -4.42. The molecule has 2 aromatic heterocycles. The smallest absolute Gasteiger partial charge is 0.264 e. The van der Waals surface area contributed by atoms with Crippen molar-refractivity contribution in [3.05, 3.63) is 70.5 Å². The van der Waals surface area contributed by atoms with Gasteiger partial charge in [0.25, 0.3) is 11.8 Å². The van der Waals surface area contributed by atoms with Gasteiger partial charge in [-0.1, -0.05) is 25.3 Å². The molecule has 282 valence electrons. The molecule has 1 aliphatic heterocycles. The summed E-state index contributed by atoms with van der Waals surface area (Å²) >= 11 is 0. The van der Waals surface area contributed by atoms with Gasteiger partial charge in [-0.3, -0.25) is 14.3 Å². The number of nitrogens with one attached hydrogen (secondary N) is 1. The van der Waals surface area contributed by atoms with Crippen LogP contribution in [0.15, 0.2) is 42.6 Å². The highest BCUT2D eigenvalue weighted by Crippen LogP contribution is 2.48. The molecule has 53 heavy (non-hydrogen) atoms. The van der Waals surface area contributed by atoms with Crippen molar-refractivity contribution in [2.24, 2.45) is 0 Å². The van der Waals surface area contributed by atoms with Crippen molar-refractivity contribution in [1.29, 1.82) is 0 Å². The van der Waals surface area contributed by atoms with E-state index in [1.165, 1.54) is 12.0 Å². The van der Waals surface area contributed by atoms with Crippen LogP contribution in [0.5, 0.6) is 5.75 Å². The molecule has 12 heteroatoms. The summed E-state index contributed by atoms with van der Waals surface area (Å²) in [6, 6.07) is 11.7. The van der Waals surface area contributed by atoms with Crippen molar-refractivity contribution in [3.63, 3.8) is 0 Å². The van der Waals surface area contributed by atoms with E-state index in [9.17, 15) is 23.1 Å². The molecule has 0 radical (unpaired) electrons. The van der Waals surface area contributed by atoms with E-state index in [4.69, 9.17) is 9.84 Å². The number of benzene rings is 2. The fraction of sp³-hybridized carbons (Fsp3) is 0.488. The van der Waals surface area contributed by atoms with E-state index in [0.29, 0.717) is 23.8 Å². The molecule has 0 unspecified atom stereocenters. The van der Waals surface area contributed by atoms with Crippen LogP contribution in [0.2, 0.25) is 0 Å². The number of nitrogens with zero attached hydrogens (tertiary/aromatic N) is 4. The standard InChI is InChI=1S/C41H51N5O6S/c1-25(2)44(18-19-47)41(49)35-23-42-46(31-12-9-13-31)38(35)30-20-29-21-32(52-5)15-17-33(29)39-37(27-10-7-6-8-11-27)34-16-14-28(22-36(34)45(39)24-30)40(48)43-53(50,51)26(3)4/h14-17,20-23,25-27,31,47H,6-13,18-19,24H2,1-5H3,(H,43,48). The van der Waals surface area contributed by atoms with E-state index in [-0.39, 0.29) is 36.7 Å². The van der Waals surface area contributed by atoms with Crippen LogP contribution < -0.4 is 9.46 Å². The molecular formula is C41H51N5O6S. The van der Waals surface area contributed by atoms with Crippen LogP contribution in [0, 0.1) is 0 Å². The number of sulfonamides is 1. The lowest BCUT2D eigenvalue weighted by Gasteiger charge is -2.30. The molecule has 2 aliphatic carbocycles. The molecule has 7 rings (SSSR count). The Balaban J connectivity index is 1.48. The number of hydrogen-bond acceptors (Lipinski definition) is 7. The van der Waals surface area contributed by atoms with Gasteiger partial charge < -0.3 is 19.3 Å². The number of ether oxygens (including phenoxy) is 1. The van der Waals surface area contributed by atoms with Crippen LogP contribution in [0.4, 0.5) is 0 Å². The van der Waals surface area contributed by atoms with Crippen LogP contribution in [-0.4, -0.2) is 76.1 Å². The van der Waals surface area contributed by atoms with E-state index in [2.05, 4.69) is 21.4 Å². The molecule has 0 bridgehead atoms. The largest absolute Gasteiger partial charge is 0.497 e. The highest BCUT2D eigenvalue weighted by atomic mass is 32.2. The summed E-state index contributed by atoms with van der Waals surface area (Å²) in [5, 5.41) is 15.0. The number of rotatable bonds is 11. The van der Waals surface area contributed by atoms with E-state index >= 15 is 0 Å². The number of allylic oxidation sites excluding steroid dienone is 1. The van der Waals surface area contributed by atoms with Gasteiger partial charge in [-0.25, -0.2) is 13.1 Å². The predicted molar refractivity (Wildman–Crippen MR) is 208 cm³/mol. The minimum atomic E-state index is -3.85. The number of amides is 2. The minimum absolute atomic E-state index is 0.134. The first-order valence-electron chi connectivity index (χ1n) is 19.0. The highest BCUT2D eigenvalue weighted by Gasteiger charge is 2.35. The average molecular weight is 742 g/mol. The average Bonchev–Trinajstić information content (AvgIpc) is 3.63. The molecule has 0 saturated heterocycles. The highest BCUT2D eigenvalue weighted by molar-refractivity contribution is 7.90. The normalized spacial score (nSPS) is 16.6. The maximum absolute atomic E-state index is 14.4. The molecule has 2 saturated carbocycles. The Morgan fingerprint density at radius 3 is 2.40 bits per heavy atom. The fourth-order valence-corrected chi connectivity index (χ4v) is 8.85. The topological polar surface area (TPSA) is 136 Å². The number of aromatic nitrogens is 3. The van der Waals surface area contributed by atoms with Gasteiger partial charge in [-0.15, -0.1) is 0 Å². The van der Waals surface area contributed by atoms with Gasteiger partial charge in [-0.2, -0.15) is 5.10 Å². The zero-order chi connectivity index (χ0) is 37.6. The summed E-state index contributed by atoms with van der Waals surface area (Å²) in [5.41, 5.74) is 7.50. The van der Waals surface area contributed by atoms with Crippen molar-refractivity contribution >= 4 is 44.4 Å². The number of hydrogen-bond donors (Lipinski definition) is 2. The van der Waals surface area contributed by atoms with Crippen molar-refractivity contribution in [2.75, 3.05) is 20.3 Å². The van der Waals surface area contributed by atoms with Crippen LogP contribution in [0.1, 0.15) is 129 Å². The molecule has 3 heterocycles. The van der Waals surface area contributed by atoms with Gasteiger partial charge in [0.2, 0.25) is 10.0 Å². The first kappa shape index (κ1) is 36.9. The Morgan fingerprint density at radius 1 is 1.00 bits per heavy atom. The van der Waals surface area contributed by atoms with Crippen LogP contribution in [0.3, 0.4) is 0 Å². The maximum Gasteiger partial charge on any atom is 0.264 e. The van der Waals surface area contributed by atoms with E-state index in [1.807, 2.05) is 42.8 Å². The monoisotopic (exact) mass is 741 g/mol. The molecule has 2 fully saturated rings. The first-order chi connectivity index (χ1) is 25.4. The van der Waals surface area contributed by atoms with E-state index in [0.717, 1.165) is 83.9 Å². The van der Waals surface area contributed by atoms with E-state index in [1.54, 1.807) is 38.1 Å². The summed E-state index contributed by atoms with van der Waals surface area (Å²) in [5.74, 6) is 0.164. The van der Waals surface area contributed by atoms with Gasteiger partial charge in [-0.05, 0) is 119 Å². The quantitative estimate of drug-likeness (QED) is 0.167. The summed E-state index contributed by atoms with van der Waals surface area (Å²) in [6.07, 6.45) is 12.4. The third-order valence-corrected chi connectivity index (χ3v) is 13.1. The maximum atomic E-state index is 14.4. The predicted octanol–water partition coefficient (Wildman–Crippen LogP) is 7.15. The van der Waals surface area contributed by atoms with Crippen LogP contribution in [0.25, 0.3) is 33.8 Å². The Labute approximate surface area is 312 Å². The summed E-state index contributed by atoms with van der Waals surface area (Å²) in [7, 11) is -2.19. The fourth-order valence-electron chi connectivity index (χ4n) is 8.24. The van der Waals surface area contributed by atoms with Crippen LogP contribution >= 0.6 is 0 Å². The SMILES string of the molecule is COc1ccc2c(c1)C=C(c1c(C(=O)N(CCO)C(C)C)cnn1C1CCC1)Cn1c-2c(C2CCCCC2)c2ccc(C(=O)NS(=O)(=O)C(C)C)cc21. The summed E-state index contributed by atoms with van der Waals surface area (Å²) < 4.78 is 37.8. The Morgan fingerprint density at radius 2 is 1.75 bits per heavy atom. The minimum Gasteiger partial charge on any atom is -0.497 e. The number of carbonyl (C=O) groups is 2. The second-order valence-corrected chi connectivity index (χ2v) is 17.6. The lowest BCUT2D eigenvalue weighted by Crippen LogP contribution is -2.39. The van der Waals surface area contributed by atoms with Crippen molar-refractivity contribution in [2.45, 2.75) is 109 Å². The molecule has 3 aliphatic rings. The number of methoxy groups -OCH3 is 1. The Kier molecular flexibility index (Phi) is 10.3. The molecule has 0 atom stereocenters. The lowest BCUT2D eigenvalue weighted by molar-refractivity contribution is 0.0664. The molecule has 2 aromatic carbocycles. The van der Waals surface area contributed by atoms with E-state index < -0.39 is 21.2 Å². The molecule has 11 nitrogen and oxygen atoms in total. The number of aliphatic hydroxyl groups excluding tert-OH is 1. The molecule has 0 spiro atoms. The molecule has 2 N–H and O–H groups in total. The lowest BCUT2D eigenvalue weighted by atomic mass is 9.81. The van der Waals surface area contributed by atoms with Crippen molar-refractivity contribution in [1.82, 2.24) is 24.0 Å². The van der Waals surface area contributed by atoms with Gasteiger partial charge in [0.15, 0.2) is 0 Å². The number of aliphatic hydroxyl groups is 1. The molecule has 2 amide bonds. The van der Waals surface area contributed by atoms with Gasteiger partial charge in [0, 0.05) is 34.6 Å². The number of carbonyl (C=O) groups excluding carboxylic acids is 2. The van der Waals surface area contributed by atoms with Gasteiger partial charge in [0.05, 0.1) is 54.7 Å². The molecule has 4 aromatic rings. The second kappa shape index (κ2) is 14.8. The third kappa shape index (κ3) is 6.80. The zero-order valence-electron chi connectivity index (χ0n) is 31.4. The number of fused-ring (bicyclic) bond motifs is 5. The Bertz CT molecular complexity index is 2190. The summed E-state index contributed by atoms with van der Waals surface area (Å²) in [4.78, 5) is 29.6. The van der Waals surface area contributed by atoms with Crippen molar-refractivity contribution < 1.29 is 27.9 Å². The first-order valence-corrected chi connectivity index (χ1v) is 20.6. The zero-order valence-corrected chi connectivity index (χ0v) is 32.2. The van der Waals surface area contributed by atoms with Crippen molar-refractivity contribution in [3.8, 4) is 17.0 Å².